The molecule has 2 heterocycles. The molecule has 0 fully saturated rings. The second-order valence-electron chi connectivity index (χ2n) is 13.6. The van der Waals surface area contributed by atoms with Crippen molar-refractivity contribution < 1.29 is 0 Å². The fourth-order valence-corrected chi connectivity index (χ4v) is 8.69. The van der Waals surface area contributed by atoms with Crippen LogP contribution in [0.2, 0.25) is 0 Å². The molecule has 0 radical (unpaired) electrons. The van der Waals surface area contributed by atoms with Gasteiger partial charge in [0.1, 0.15) is 0 Å². The number of fused-ring (bicyclic) bond motifs is 12. The number of benzene rings is 9. The minimum Gasteiger partial charge on any atom is -0.309 e. The Labute approximate surface area is 299 Å². The van der Waals surface area contributed by atoms with E-state index >= 15 is 0 Å². The molecule has 0 atom stereocenters. The molecule has 0 spiro atoms. The minimum absolute atomic E-state index is 0.677. The van der Waals surface area contributed by atoms with Crippen molar-refractivity contribution in [1.82, 2.24) is 9.13 Å². The van der Waals surface area contributed by atoms with Crippen molar-refractivity contribution in [2.45, 2.75) is 0 Å². The van der Waals surface area contributed by atoms with Crippen LogP contribution in [-0.4, -0.2) is 9.13 Å². The Morgan fingerprint density at radius 1 is 0.346 bits per heavy atom. The molecule has 9 aromatic carbocycles. The van der Waals surface area contributed by atoms with Gasteiger partial charge in [0, 0.05) is 32.9 Å². The van der Waals surface area contributed by atoms with Gasteiger partial charge in [-0.1, -0.05) is 109 Å². The van der Waals surface area contributed by atoms with Crippen LogP contribution in [0.5, 0.6) is 0 Å². The van der Waals surface area contributed by atoms with Gasteiger partial charge in [0.05, 0.1) is 33.7 Å². The molecule has 0 amide bonds. The Kier molecular flexibility index (Phi) is 6.02. The third-order valence-corrected chi connectivity index (χ3v) is 10.9. The van der Waals surface area contributed by atoms with E-state index in [1.807, 2.05) is 12.1 Å². The summed E-state index contributed by atoms with van der Waals surface area (Å²) in [5.74, 6) is 0. The predicted octanol–water partition coefficient (Wildman–Crippen LogP) is 12.9. The van der Waals surface area contributed by atoms with Crippen molar-refractivity contribution in [3.05, 3.63) is 181 Å². The molecule has 0 unspecified atom stereocenters. The number of nitrogens with zero attached hydrogens (tertiary/aromatic N) is 3. The second-order valence-corrected chi connectivity index (χ2v) is 13.6. The Bertz CT molecular complexity index is 3280. The van der Waals surface area contributed by atoms with Crippen LogP contribution in [0.15, 0.2) is 176 Å². The molecular weight excluding hydrogens is 631 g/mol. The molecule has 11 rings (SSSR count). The molecule has 0 N–H and O–H groups in total. The number of hydrogen-bond acceptors (Lipinski definition) is 1. The van der Waals surface area contributed by atoms with E-state index in [1.165, 1.54) is 70.9 Å². The first-order chi connectivity index (χ1) is 25.8. The highest BCUT2D eigenvalue weighted by Gasteiger charge is 2.19. The summed E-state index contributed by atoms with van der Waals surface area (Å²) >= 11 is 0. The van der Waals surface area contributed by atoms with Gasteiger partial charge in [0.2, 0.25) is 0 Å². The smallest absolute Gasteiger partial charge is 0.0991 e. The van der Waals surface area contributed by atoms with E-state index in [0.29, 0.717) is 5.56 Å². The van der Waals surface area contributed by atoms with E-state index in [4.69, 9.17) is 0 Å². The molecule has 2 aromatic heterocycles. The van der Waals surface area contributed by atoms with Gasteiger partial charge in [-0.25, -0.2) is 0 Å². The Morgan fingerprint density at radius 3 is 1.69 bits per heavy atom. The van der Waals surface area contributed by atoms with E-state index in [2.05, 4.69) is 179 Å². The minimum atomic E-state index is 0.677. The summed E-state index contributed by atoms with van der Waals surface area (Å²) in [4.78, 5) is 0. The van der Waals surface area contributed by atoms with Crippen LogP contribution >= 0.6 is 0 Å². The van der Waals surface area contributed by atoms with Crippen LogP contribution < -0.4 is 0 Å². The number of para-hydroxylation sites is 3. The maximum absolute atomic E-state index is 9.67. The maximum Gasteiger partial charge on any atom is 0.0991 e. The second kappa shape index (κ2) is 10.9. The molecule has 0 saturated heterocycles. The van der Waals surface area contributed by atoms with Crippen LogP contribution in [0.25, 0.3) is 98.4 Å². The van der Waals surface area contributed by atoms with Gasteiger partial charge >= 0.3 is 0 Å². The molecule has 0 bridgehead atoms. The number of hydrogen-bond donors (Lipinski definition) is 0. The van der Waals surface area contributed by atoms with E-state index in [-0.39, 0.29) is 0 Å². The van der Waals surface area contributed by atoms with Crippen LogP contribution in [0.4, 0.5) is 0 Å². The average molecular weight is 660 g/mol. The molecule has 0 saturated carbocycles. The summed E-state index contributed by atoms with van der Waals surface area (Å²) in [6.07, 6.45) is 0. The number of rotatable bonds is 3. The molecule has 52 heavy (non-hydrogen) atoms. The SMILES string of the molecule is N#Cc1ccc2c3ccc(-n4c5ccccc5c5c(-c6ccc7c(c6)c6ccccc6n7-c6ccccc6)cccc54)cc3c3ccccc3c2c1. The average Bonchev–Trinajstić information content (AvgIpc) is 3.73. The van der Waals surface area contributed by atoms with Gasteiger partial charge in [-0.05, 0) is 110 Å². The first-order valence-electron chi connectivity index (χ1n) is 17.7. The Hall–Kier alpha value is -7.15. The molecule has 3 heteroatoms. The molecule has 0 aliphatic rings. The molecule has 0 aliphatic heterocycles. The van der Waals surface area contributed by atoms with E-state index < -0.39 is 0 Å². The zero-order valence-corrected chi connectivity index (χ0v) is 28.1. The summed E-state index contributed by atoms with van der Waals surface area (Å²) in [5.41, 5.74) is 10.1. The van der Waals surface area contributed by atoms with Crippen LogP contribution in [0, 0.1) is 11.3 Å². The quantitative estimate of drug-likeness (QED) is 0.174. The summed E-state index contributed by atoms with van der Waals surface area (Å²) < 4.78 is 4.79. The van der Waals surface area contributed by atoms with E-state index in [1.54, 1.807) is 0 Å². The van der Waals surface area contributed by atoms with Crippen LogP contribution in [0.1, 0.15) is 5.56 Å². The summed E-state index contributed by atoms with van der Waals surface area (Å²) in [6, 6.07) is 65.6. The van der Waals surface area contributed by atoms with Gasteiger partial charge < -0.3 is 9.13 Å². The monoisotopic (exact) mass is 659 g/mol. The number of aromatic nitrogens is 2. The maximum atomic E-state index is 9.67. The van der Waals surface area contributed by atoms with Crippen molar-refractivity contribution >= 4 is 75.9 Å². The van der Waals surface area contributed by atoms with Gasteiger partial charge in [-0.15, -0.1) is 0 Å². The fraction of sp³-hybridized carbons (Fsp3) is 0. The Morgan fingerprint density at radius 2 is 0.923 bits per heavy atom. The van der Waals surface area contributed by atoms with Crippen LogP contribution in [-0.2, 0) is 0 Å². The largest absolute Gasteiger partial charge is 0.309 e. The van der Waals surface area contributed by atoms with Crippen LogP contribution in [0.3, 0.4) is 0 Å². The summed E-state index contributed by atoms with van der Waals surface area (Å²) in [7, 11) is 0. The third-order valence-electron chi connectivity index (χ3n) is 10.9. The van der Waals surface area contributed by atoms with Crippen molar-refractivity contribution in [3.8, 4) is 28.6 Å². The normalized spacial score (nSPS) is 11.8. The fourth-order valence-electron chi connectivity index (χ4n) is 8.69. The van der Waals surface area contributed by atoms with Gasteiger partial charge in [0.15, 0.2) is 0 Å². The lowest BCUT2D eigenvalue weighted by Crippen LogP contribution is -1.95. The molecule has 0 aliphatic carbocycles. The van der Waals surface area contributed by atoms with Crippen molar-refractivity contribution in [1.29, 1.82) is 5.26 Å². The lowest BCUT2D eigenvalue weighted by atomic mass is 9.93. The lowest BCUT2D eigenvalue weighted by molar-refractivity contribution is 1.18. The predicted molar refractivity (Wildman–Crippen MR) is 218 cm³/mol. The first-order valence-corrected chi connectivity index (χ1v) is 17.7. The zero-order valence-electron chi connectivity index (χ0n) is 28.1. The molecule has 240 valence electrons. The van der Waals surface area contributed by atoms with Crippen molar-refractivity contribution in [2.75, 3.05) is 0 Å². The summed E-state index contributed by atoms with van der Waals surface area (Å²) in [5, 5.41) is 21.6. The zero-order chi connectivity index (χ0) is 34.3. The highest BCUT2D eigenvalue weighted by Crippen LogP contribution is 2.42. The highest BCUT2D eigenvalue weighted by molar-refractivity contribution is 6.26. The molecule has 3 nitrogen and oxygen atoms in total. The third kappa shape index (κ3) is 4.01. The standard InChI is InChI=1S/C49H29N3/c50-30-31-21-24-38-39-25-23-34(29-43(39)37-14-5-4-13-36(37)42(38)27-31)52-46-19-9-7-16-41(46)49-35(17-10-20-48(49)52)32-22-26-47-44(28-32)40-15-6-8-18-45(40)51(47)33-11-2-1-3-12-33/h1-29H. The van der Waals surface area contributed by atoms with E-state index in [0.717, 1.165) is 27.5 Å². The number of nitriles is 1. The Balaban J connectivity index is 1.17. The molecular formula is C49H29N3. The van der Waals surface area contributed by atoms with Crippen molar-refractivity contribution in [2.24, 2.45) is 0 Å². The van der Waals surface area contributed by atoms with Crippen molar-refractivity contribution in [3.63, 3.8) is 0 Å². The molecule has 11 aromatic rings. The lowest BCUT2D eigenvalue weighted by Gasteiger charge is -2.14. The van der Waals surface area contributed by atoms with Gasteiger partial charge in [-0.3, -0.25) is 0 Å². The topological polar surface area (TPSA) is 33.6 Å². The highest BCUT2D eigenvalue weighted by atomic mass is 15.0. The van der Waals surface area contributed by atoms with Gasteiger partial charge in [-0.2, -0.15) is 5.26 Å². The summed E-state index contributed by atoms with van der Waals surface area (Å²) in [6.45, 7) is 0. The first kappa shape index (κ1) is 28.7. The van der Waals surface area contributed by atoms with E-state index in [9.17, 15) is 5.26 Å². The van der Waals surface area contributed by atoms with Gasteiger partial charge in [0.25, 0.3) is 0 Å².